The van der Waals surface area contributed by atoms with Gasteiger partial charge >= 0.3 is 14.8 Å². The van der Waals surface area contributed by atoms with E-state index in [2.05, 4.69) is 6.58 Å². The van der Waals surface area contributed by atoms with E-state index in [1.54, 1.807) is 0 Å². The number of carbonyl (C=O) groups is 2. The van der Waals surface area contributed by atoms with Gasteiger partial charge in [0, 0.05) is 32.9 Å². The van der Waals surface area contributed by atoms with Crippen molar-refractivity contribution in [2.45, 2.75) is 38.8 Å². The van der Waals surface area contributed by atoms with E-state index in [4.69, 9.17) is 18.0 Å². The summed E-state index contributed by atoms with van der Waals surface area (Å²) in [6, 6.07) is 0.547. The Balaban J connectivity index is 4.46. The number of ketones is 1. The van der Waals surface area contributed by atoms with Gasteiger partial charge in [0.25, 0.3) is 0 Å². The molecule has 116 valence electrons. The maximum absolute atomic E-state index is 11.5. The van der Waals surface area contributed by atoms with Crippen molar-refractivity contribution in [2.24, 2.45) is 0 Å². The first-order chi connectivity index (χ1) is 9.31. The Kier molecular flexibility index (Phi) is 8.55. The number of Topliss-reactive ketones (excluding diaryl/α,β-unsaturated/α-hetero) is 1. The largest absolute Gasteiger partial charge is 0.500 e. The van der Waals surface area contributed by atoms with Gasteiger partial charge in [-0.2, -0.15) is 0 Å². The van der Waals surface area contributed by atoms with E-state index in [1.807, 2.05) is 0 Å². The summed E-state index contributed by atoms with van der Waals surface area (Å²) in [6.07, 6.45) is 0.228. The maximum Gasteiger partial charge on any atom is 0.500 e. The van der Waals surface area contributed by atoms with Crippen LogP contribution in [0.5, 0.6) is 0 Å². The first kappa shape index (κ1) is 19.0. The Morgan fingerprint density at radius 3 is 1.95 bits per heavy atom. The van der Waals surface area contributed by atoms with E-state index in [-0.39, 0.29) is 11.4 Å². The highest BCUT2D eigenvalue weighted by Gasteiger charge is 2.37. The number of hydrogen-bond donors (Lipinski definition) is 0. The molecule has 0 fully saturated rings. The molecule has 0 aliphatic heterocycles. The minimum atomic E-state index is -2.65. The fourth-order valence-corrected chi connectivity index (χ4v) is 3.38. The number of hydrogen-bond acceptors (Lipinski definition) is 6. The lowest BCUT2D eigenvalue weighted by Crippen LogP contribution is -2.42. The lowest BCUT2D eigenvalue weighted by molar-refractivity contribution is -0.151. The second kappa shape index (κ2) is 9.01. The van der Waals surface area contributed by atoms with Crippen LogP contribution >= 0.6 is 0 Å². The molecule has 0 aromatic rings. The average Bonchev–Trinajstić information content (AvgIpc) is 2.42. The molecular weight excluding hydrogens is 280 g/mol. The molecule has 0 saturated carbocycles. The van der Waals surface area contributed by atoms with Crippen molar-refractivity contribution in [3.8, 4) is 0 Å². The molecule has 0 aromatic heterocycles. The summed E-state index contributed by atoms with van der Waals surface area (Å²) in [5.41, 5.74) is 0.269. The van der Waals surface area contributed by atoms with Gasteiger partial charge in [0.2, 0.25) is 0 Å². The predicted molar refractivity (Wildman–Crippen MR) is 76.2 cm³/mol. The molecule has 0 amide bonds. The Morgan fingerprint density at radius 2 is 1.60 bits per heavy atom. The molecule has 0 aromatic carbocycles. The molecule has 1 unspecified atom stereocenters. The molecule has 0 N–H and O–H groups in total. The van der Waals surface area contributed by atoms with Gasteiger partial charge in [-0.1, -0.05) is 6.58 Å². The van der Waals surface area contributed by atoms with E-state index in [1.165, 1.54) is 35.2 Å². The molecule has 1 atom stereocenters. The third-order valence-electron chi connectivity index (χ3n) is 2.93. The van der Waals surface area contributed by atoms with Crippen LogP contribution in [-0.2, 0) is 27.6 Å². The summed E-state index contributed by atoms with van der Waals surface area (Å²) >= 11 is 0. The molecular formula is C13H24O6Si. The van der Waals surface area contributed by atoms with Crippen LogP contribution in [0, 0.1) is 0 Å². The van der Waals surface area contributed by atoms with Gasteiger partial charge in [-0.15, -0.1) is 0 Å². The zero-order valence-corrected chi connectivity index (χ0v) is 13.9. The third kappa shape index (κ3) is 5.95. The summed E-state index contributed by atoms with van der Waals surface area (Å²) in [7, 11) is 1.94. The third-order valence-corrected chi connectivity index (χ3v) is 5.77. The van der Waals surface area contributed by atoms with Gasteiger partial charge < -0.3 is 18.0 Å². The summed E-state index contributed by atoms with van der Waals surface area (Å²) in [5.74, 6) is -0.752. The Labute approximate surface area is 121 Å². The average molecular weight is 304 g/mol. The van der Waals surface area contributed by atoms with Crippen molar-refractivity contribution in [1.29, 1.82) is 0 Å². The fourth-order valence-electron chi connectivity index (χ4n) is 1.64. The van der Waals surface area contributed by atoms with Crippen molar-refractivity contribution in [1.82, 2.24) is 0 Å². The van der Waals surface area contributed by atoms with Crippen LogP contribution in [0.2, 0.25) is 6.04 Å². The first-order valence-electron chi connectivity index (χ1n) is 6.34. The van der Waals surface area contributed by atoms with Gasteiger partial charge in [0.1, 0.15) is 0 Å². The molecule has 0 radical (unpaired) electrons. The summed E-state index contributed by atoms with van der Waals surface area (Å²) in [6.45, 7) is 6.42. The minimum Gasteiger partial charge on any atom is -0.451 e. The van der Waals surface area contributed by atoms with Gasteiger partial charge in [-0.25, -0.2) is 4.79 Å². The molecule has 6 nitrogen and oxygen atoms in total. The van der Waals surface area contributed by atoms with E-state index in [9.17, 15) is 9.59 Å². The Morgan fingerprint density at radius 1 is 1.10 bits per heavy atom. The molecule has 0 saturated heterocycles. The second-order valence-electron chi connectivity index (χ2n) is 4.47. The highest BCUT2D eigenvalue weighted by molar-refractivity contribution is 6.60. The zero-order chi connectivity index (χ0) is 15.8. The molecule has 0 bridgehead atoms. The van der Waals surface area contributed by atoms with Crippen LogP contribution < -0.4 is 0 Å². The number of carbonyl (C=O) groups excluding carboxylic acids is 2. The normalized spacial score (nSPS) is 12.8. The SMILES string of the molecule is C=C(C)C(=O)OC(CCC[Si](OC)(OC)OC)C(C)=O. The smallest absolute Gasteiger partial charge is 0.451 e. The van der Waals surface area contributed by atoms with Gasteiger partial charge in [-0.05, 0) is 26.7 Å². The number of ether oxygens (including phenoxy) is 1. The monoisotopic (exact) mass is 304 g/mol. The quantitative estimate of drug-likeness (QED) is 0.348. The van der Waals surface area contributed by atoms with Crippen LogP contribution in [0.3, 0.4) is 0 Å². The molecule has 0 spiro atoms. The Bertz CT molecular complexity index is 343. The lowest BCUT2D eigenvalue weighted by atomic mass is 10.1. The van der Waals surface area contributed by atoms with Crippen LogP contribution in [-0.4, -0.2) is 48.0 Å². The van der Waals surface area contributed by atoms with E-state index >= 15 is 0 Å². The minimum absolute atomic E-state index is 0.195. The maximum atomic E-state index is 11.5. The fraction of sp³-hybridized carbons (Fsp3) is 0.692. The predicted octanol–water partition coefficient (Wildman–Crippen LogP) is 1.72. The van der Waals surface area contributed by atoms with Crippen molar-refractivity contribution in [2.75, 3.05) is 21.3 Å². The van der Waals surface area contributed by atoms with Crippen LogP contribution in [0.4, 0.5) is 0 Å². The summed E-state index contributed by atoms with van der Waals surface area (Å²) in [4.78, 5) is 22.9. The van der Waals surface area contributed by atoms with Crippen molar-refractivity contribution < 1.29 is 27.6 Å². The van der Waals surface area contributed by atoms with E-state index in [0.29, 0.717) is 18.9 Å². The first-order valence-corrected chi connectivity index (χ1v) is 8.27. The topological polar surface area (TPSA) is 71.1 Å². The van der Waals surface area contributed by atoms with Crippen molar-refractivity contribution in [3.05, 3.63) is 12.2 Å². The molecule has 0 aliphatic rings. The number of rotatable bonds is 10. The van der Waals surface area contributed by atoms with Crippen LogP contribution in [0.1, 0.15) is 26.7 Å². The van der Waals surface area contributed by atoms with Crippen molar-refractivity contribution in [3.63, 3.8) is 0 Å². The van der Waals surface area contributed by atoms with Gasteiger partial charge in [0.05, 0.1) is 0 Å². The second-order valence-corrected chi connectivity index (χ2v) is 7.56. The highest BCUT2D eigenvalue weighted by atomic mass is 28.4. The molecule has 0 aliphatic carbocycles. The summed E-state index contributed by atoms with van der Waals surface area (Å²) < 4.78 is 21.0. The lowest BCUT2D eigenvalue weighted by Gasteiger charge is -2.24. The highest BCUT2D eigenvalue weighted by Crippen LogP contribution is 2.18. The molecule has 7 heteroatoms. The molecule has 20 heavy (non-hydrogen) atoms. The van der Waals surface area contributed by atoms with Crippen molar-refractivity contribution >= 4 is 20.6 Å². The number of esters is 1. The van der Waals surface area contributed by atoms with Gasteiger partial charge in [-0.3, -0.25) is 4.79 Å². The van der Waals surface area contributed by atoms with E-state index < -0.39 is 20.9 Å². The standard InChI is InChI=1S/C13H24O6Si/c1-10(2)13(15)19-12(11(3)14)8-7-9-20(16-4,17-5)18-6/h12H,1,7-9H2,2-6H3. The van der Waals surface area contributed by atoms with E-state index in [0.717, 1.165) is 0 Å². The van der Waals surface area contributed by atoms with Crippen LogP contribution in [0.15, 0.2) is 12.2 Å². The Hall–Kier alpha value is -1.02. The molecule has 0 heterocycles. The van der Waals surface area contributed by atoms with Gasteiger partial charge in [0.15, 0.2) is 11.9 Å². The zero-order valence-electron chi connectivity index (χ0n) is 12.9. The summed E-state index contributed by atoms with van der Waals surface area (Å²) in [5, 5.41) is 0. The van der Waals surface area contributed by atoms with Crippen LogP contribution in [0.25, 0.3) is 0 Å². The molecule has 0 rings (SSSR count).